The molecular weight excluding hydrogens is 416 g/mol. The molecular formula is C23H34N2O5S. The Labute approximate surface area is 188 Å². The van der Waals surface area contributed by atoms with Gasteiger partial charge < -0.3 is 14.7 Å². The van der Waals surface area contributed by atoms with E-state index in [9.17, 15) is 19.5 Å². The van der Waals surface area contributed by atoms with Gasteiger partial charge in [-0.1, -0.05) is 30.3 Å². The van der Waals surface area contributed by atoms with Gasteiger partial charge in [0.05, 0.1) is 12.6 Å². The summed E-state index contributed by atoms with van der Waals surface area (Å²) in [6.07, 6.45) is 3.20. The van der Waals surface area contributed by atoms with Gasteiger partial charge in [0.25, 0.3) is 0 Å². The number of rotatable bonds is 12. The van der Waals surface area contributed by atoms with E-state index in [0.717, 1.165) is 24.2 Å². The summed E-state index contributed by atoms with van der Waals surface area (Å²) < 4.78 is 5.20. The molecule has 1 aliphatic heterocycles. The van der Waals surface area contributed by atoms with Gasteiger partial charge in [-0.15, -0.1) is 0 Å². The van der Waals surface area contributed by atoms with E-state index in [4.69, 9.17) is 4.74 Å². The number of carboxylic acids is 1. The molecule has 8 heteroatoms. The molecule has 0 radical (unpaired) electrons. The molecule has 0 saturated carbocycles. The second kappa shape index (κ2) is 12.7. The number of carbonyl (C=O) groups is 3. The molecule has 0 bridgehead atoms. The van der Waals surface area contributed by atoms with Crippen molar-refractivity contribution in [2.75, 3.05) is 18.9 Å². The molecule has 1 fully saturated rings. The number of carboxylic acid groups (broad SMARTS) is 1. The highest BCUT2D eigenvalue weighted by atomic mass is 32.2. The van der Waals surface area contributed by atoms with E-state index in [1.807, 2.05) is 30.3 Å². The first-order valence-corrected chi connectivity index (χ1v) is 12.0. The number of aliphatic carboxylic acids is 1. The molecule has 0 aromatic heterocycles. The maximum Gasteiger partial charge on any atom is 0.326 e. The van der Waals surface area contributed by atoms with Crippen molar-refractivity contribution in [2.45, 2.75) is 69.8 Å². The summed E-state index contributed by atoms with van der Waals surface area (Å²) >= 11 is 1.78. The molecule has 0 spiro atoms. The number of nitrogens with one attached hydrogen (secondary N) is 1. The number of carbonyl (C=O) groups excluding carboxylic acids is 2. The lowest BCUT2D eigenvalue weighted by Gasteiger charge is -2.32. The van der Waals surface area contributed by atoms with Crippen LogP contribution >= 0.6 is 11.8 Å². The van der Waals surface area contributed by atoms with Gasteiger partial charge in [-0.3, -0.25) is 14.9 Å². The SMILES string of the molecule is CCOC(=O)C(CCc1ccccc1)N[C@@H](C)C(=O)N(CC1CCCS1)[C@@H](C)C(=O)O. The maximum absolute atomic E-state index is 13.2. The van der Waals surface area contributed by atoms with Crippen molar-refractivity contribution in [1.29, 1.82) is 0 Å². The van der Waals surface area contributed by atoms with E-state index < -0.39 is 30.1 Å². The van der Waals surface area contributed by atoms with Crippen LogP contribution in [0, 0.1) is 0 Å². The molecule has 7 nitrogen and oxygen atoms in total. The smallest absolute Gasteiger partial charge is 0.326 e. The third-order valence-corrected chi connectivity index (χ3v) is 6.87. The molecule has 2 rings (SSSR count). The molecule has 1 aromatic rings. The van der Waals surface area contributed by atoms with Crippen molar-refractivity contribution in [3.8, 4) is 0 Å². The van der Waals surface area contributed by atoms with E-state index in [2.05, 4.69) is 5.32 Å². The fourth-order valence-electron chi connectivity index (χ4n) is 3.67. The Morgan fingerprint density at radius 3 is 2.55 bits per heavy atom. The number of aryl methyl sites for hydroxylation is 1. The van der Waals surface area contributed by atoms with Gasteiger partial charge in [0.1, 0.15) is 12.1 Å². The van der Waals surface area contributed by atoms with Crippen molar-refractivity contribution in [3.05, 3.63) is 35.9 Å². The zero-order valence-electron chi connectivity index (χ0n) is 18.6. The van der Waals surface area contributed by atoms with Crippen LogP contribution in [-0.4, -0.2) is 70.1 Å². The highest BCUT2D eigenvalue weighted by Crippen LogP contribution is 2.27. The molecule has 1 amide bonds. The van der Waals surface area contributed by atoms with Crippen LogP contribution < -0.4 is 5.32 Å². The van der Waals surface area contributed by atoms with E-state index in [1.54, 1.807) is 25.6 Å². The number of amides is 1. The van der Waals surface area contributed by atoms with Gasteiger partial charge >= 0.3 is 11.9 Å². The molecule has 1 heterocycles. The van der Waals surface area contributed by atoms with Gasteiger partial charge in [-0.2, -0.15) is 11.8 Å². The van der Waals surface area contributed by atoms with Crippen LogP contribution in [0.2, 0.25) is 0 Å². The molecule has 172 valence electrons. The maximum atomic E-state index is 13.2. The van der Waals surface area contributed by atoms with Crippen LogP contribution in [-0.2, 0) is 25.5 Å². The van der Waals surface area contributed by atoms with Gasteiger partial charge in [0.15, 0.2) is 0 Å². The number of hydrogen-bond acceptors (Lipinski definition) is 6. The summed E-state index contributed by atoms with van der Waals surface area (Å²) in [6.45, 7) is 5.62. The monoisotopic (exact) mass is 450 g/mol. The van der Waals surface area contributed by atoms with Crippen molar-refractivity contribution in [1.82, 2.24) is 10.2 Å². The standard InChI is InChI=1S/C23H34N2O5S/c1-4-30-23(29)20(13-12-18-9-6-5-7-10-18)24-16(2)21(26)25(17(3)22(27)28)15-19-11-8-14-31-19/h5-7,9-10,16-17,19-20,24H,4,8,11-15H2,1-3H3,(H,27,28)/t16-,17-,19?,20?/m0/s1. The van der Waals surface area contributed by atoms with Gasteiger partial charge in [-0.25, -0.2) is 4.79 Å². The predicted octanol–water partition coefficient (Wildman–Crippen LogP) is 2.73. The highest BCUT2D eigenvalue weighted by molar-refractivity contribution is 8.00. The van der Waals surface area contributed by atoms with E-state index in [0.29, 0.717) is 19.4 Å². The Kier molecular flexibility index (Phi) is 10.3. The largest absolute Gasteiger partial charge is 0.480 e. The third-order valence-electron chi connectivity index (χ3n) is 5.49. The summed E-state index contributed by atoms with van der Waals surface area (Å²) in [4.78, 5) is 38.8. The number of nitrogens with zero attached hydrogens (tertiary/aromatic N) is 1. The lowest BCUT2D eigenvalue weighted by Crippen LogP contribution is -2.55. The molecule has 1 saturated heterocycles. The highest BCUT2D eigenvalue weighted by Gasteiger charge is 2.33. The lowest BCUT2D eigenvalue weighted by atomic mass is 10.0. The van der Waals surface area contributed by atoms with Crippen LogP contribution in [0.3, 0.4) is 0 Å². The number of benzene rings is 1. The first-order valence-electron chi connectivity index (χ1n) is 10.9. The molecule has 1 aliphatic rings. The van der Waals surface area contributed by atoms with Crippen LogP contribution in [0.25, 0.3) is 0 Å². The van der Waals surface area contributed by atoms with E-state index in [1.165, 1.54) is 11.8 Å². The number of ether oxygens (including phenoxy) is 1. The van der Waals surface area contributed by atoms with Gasteiger partial charge in [-0.05, 0) is 57.8 Å². The minimum Gasteiger partial charge on any atom is -0.480 e. The average molecular weight is 451 g/mol. The minimum absolute atomic E-state index is 0.247. The van der Waals surface area contributed by atoms with Crippen LogP contribution in [0.5, 0.6) is 0 Å². The molecule has 2 N–H and O–H groups in total. The van der Waals surface area contributed by atoms with E-state index in [-0.39, 0.29) is 17.8 Å². The second-order valence-corrected chi connectivity index (χ2v) is 9.27. The quantitative estimate of drug-likeness (QED) is 0.473. The number of hydrogen-bond donors (Lipinski definition) is 2. The molecule has 0 aliphatic carbocycles. The summed E-state index contributed by atoms with van der Waals surface area (Å²) in [6, 6.07) is 7.52. The average Bonchev–Trinajstić information content (AvgIpc) is 3.28. The molecule has 4 atom stereocenters. The summed E-state index contributed by atoms with van der Waals surface area (Å²) in [7, 11) is 0. The number of esters is 1. The topological polar surface area (TPSA) is 95.9 Å². The minimum atomic E-state index is -1.03. The normalized spacial score (nSPS) is 18.7. The molecule has 31 heavy (non-hydrogen) atoms. The third kappa shape index (κ3) is 7.85. The molecule has 2 unspecified atom stereocenters. The predicted molar refractivity (Wildman–Crippen MR) is 122 cm³/mol. The Hall–Kier alpha value is -2.06. The van der Waals surface area contributed by atoms with Crippen molar-refractivity contribution in [2.24, 2.45) is 0 Å². The van der Waals surface area contributed by atoms with Crippen molar-refractivity contribution >= 4 is 29.6 Å². The Morgan fingerprint density at radius 2 is 1.97 bits per heavy atom. The fourth-order valence-corrected chi connectivity index (χ4v) is 4.94. The zero-order chi connectivity index (χ0) is 22.8. The Balaban J connectivity index is 2.07. The Morgan fingerprint density at radius 1 is 1.26 bits per heavy atom. The Bertz CT molecular complexity index is 724. The summed E-state index contributed by atoms with van der Waals surface area (Å²) in [5, 5.41) is 12.9. The zero-order valence-corrected chi connectivity index (χ0v) is 19.4. The van der Waals surface area contributed by atoms with Gasteiger partial charge in [0.2, 0.25) is 5.91 Å². The van der Waals surface area contributed by atoms with Crippen LogP contribution in [0.4, 0.5) is 0 Å². The van der Waals surface area contributed by atoms with Crippen LogP contribution in [0.1, 0.15) is 45.6 Å². The first kappa shape index (κ1) is 25.2. The number of thioether (sulfide) groups is 1. The molecule has 1 aromatic carbocycles. The summed E-state index contributed by atoms with van der Waals surface area (Å²) in [5.74, 6) is -0.708. The van der Waals surface area contributed by atoms with Crippen molar-refractivity contribution < 1.29 is 24.2 Å². The summed E-state index contributed by atoms with van der Waals surface area (Å²) in [5.41, 5.74) is 1.09. The van der Waals surface area contributed by atoms with E-state index >= 15 is 0 Å². The first-order chi connectivity index (χ1) is 14.8. The van der Waals surface area contributed by atoms with Gasteiger partial charge in [0, 0.05) is 11.8 Å². The van der Waals surface area contributed by atoms with Crippen LogP contribution in [0.15, 0.2) is 30.3 Å². The van der Waals surface area contributed by atoms with Crippen molar-refractivity contribution in [3.63, 3.8) is 0 Å². The fraction of sp³-hybridized carbons (Fsp3) is 0.609. The lowest BCUT2D eigenvalue weighted by molar-refractivity contribution is -0.151. The second-order valence-electron chi connectivity index (χ2n) is 7.86.